The fraction of sp³-hybridized carbons (Fsp3) is 0.385. The van der Waals surface area contributed by atoms with Crippen molar-refractivity contribution >= 4 is 22.7 Å². The summed E-state index contributed by atoms with van der Waals surface area (Å²) in [5, 5.41) is -0.0349. The maximum atomic E-state index is 14.7. The first-order valence-electron chi connectivity index (χ1n) is 12.1. The predicted molar refractivity (Wildman–Crippen MR) is 129 cm³/mol. The first-order chi connectivity index (χ1) is 17.3. The highest BCUT2D eigenvalue weighted by Gasteiger charge is 2.31. The standard InChI is InChI=1S/C26H26F2N4O4/c27-19-6-8-22-20(14-19)23(33)29-26(36)32(22)15-18-13-17(5-7-21(18)28)25(35)31-11-9-30(10-12-31)24(34)16-3-1-2-4-16/h5-8,13-14,16H,1-4,9-12,15H2,(H,29,33,36). The van der Waals surface area contributed by atoms with Crippen molar-refractivity contribution in [1.29, 1.82) is 0 Å². The van der Waals surface area contributed by atoms with Crippen LogP contribution in [-0.4, -0.2) is 57.3 Å². The van der Waals surface area contributed by atoms with Gasteiger partial charge in [-0.25, -0.2) is 13.6 Å². The third-order valence-electron chi connectivity index (χ3n) is 7.16. The number of nitrogens with one attached hydrogen (secondary N) is 1. The smallest absolute Gasteiger partial charge is 0.329 e. The molecule has 36 heavy (non-hydrogen) atoms. The number of aromatic nitrogens is 2. The van der Waals surface area contributed by atoms with Gasteiger partial charge in [0.25, 0.3) is 11.5 Å². The van der Waals surface area contributed by atoms with Gasteiger partial charge in [-0.3, -0.25) is 23.9 Å². The quantitative estimate of drug-likeness (QED) is 0.601. The molecule has 0 spiro atoms. The minimum atomic E-state index is -0.765. The van der Waals surface area contributed by atoms with Crippen LogP contribution in [0.3, 0.4) is 0 Å². The highest BCUT2D eigenvalue weighted by molar-refractivity contribution is 5.94. The first-order valence-corrected chi connectivity index (χ1v) is 12.1. The van der Waals surface area contributed by atoms with Crippen LogP contribution < -0.4 is 11.2 Å². The number of amides is 2. The zero-order valence-corrected chi connectivity index (χ0v) is 19.6. The van der Waals surface area contributed by atoms with Crippen LogP contribution in [0, 0.1) is 17.6 Å². The lowest BCUT2D eigenvalue weighted by molar-refractivity contribution is -0.136. The number of piperazine rings is 1. The fourth-order valence-corrected chi connectivity index (χ4v) is 5.17. The van der Waals surface area contributed by atoms with Crippen molar-refractivity contribution in [2.24, 2.45) is 5.92 Å². The van der Waals surface area contributed by atoms with Gasteiger partial charge in [0.05, 0.1) is 17.4 Å². The molecular formula is C26H26F2N4O4. The van der Waals surface area contributed by atoms with E-state index < -0.39 is 22.9 Å². The predicted octanol–water partition coefficient (Wildman–Crippen LogP) is 2.49. The number of hydrogen-bond donors (Lipinski definition) is 1. The second kappa shape index (κ2) is 9.67. The molecule has 1 aliphatic heterocycles. The Morgan fingerprint density at radius 3 is 2.33 bits per heavy atom. The van der Waals surface area contributed by atoms with Crippen LogP contribution >= 0.6 is 0 Å². The highest BCUT2D eigenvalue weighted by atomic mass is 19.1. The molecule has 2 aliphatic rings. The molecule has 188 valence electrons. The van der Waals surface area contributed by atoms with Crippen molar-refractivity contribution in [3.05, 3.63) is 80.0 Å². The monoisotopic (exact) mass is 496 g/mol. The van der Waals surface area contributed by atoms with E-state index in [4.69, 9.17) is 0 Å². The molecule has 1 aliphatic carbocycles. The number of H-pyrrole nitrogens is 1. The average molecular weight is 497 g/mol. The molecule has 0 atom stereocenters. The Kier molecular flexibility index (Phi) is 6.42. The van der Waals surface area contributed by atoms with E-state index in [1.54, 1.807) is 4.90 Å². The van der Waals surface area contributed by atoms with E-state index >= 15 is 0 Å². The van der Waals surface area contributed by atoms with Crippen molar-refractivity contribution in [2.75, 3.05) is 26.2 Å². The maximum absolute atomic E-state index is 14.7. The Morgan fingerprint density at radius 1 is 0.917 bits per heavy atom. The summed E-state index contributed by atoms with van der Waals surface area (Å²) >= 11 is 0. The summed E-state index contributed by atoms with van der Waals surface area (Å²) in [6, 6.07) is 7.37. The third-order valence-corrected chi connectivity index (χ3v) is 7.16. The van der Waals surface area contributed by atoms with Crippen LogP contribution in [0.2, 0.25) is 0 Å². The van der Waals surface area contributed by atoms with E-state index in [0.29, 0.717) is 26.2 Å². The lowest BCUT2D eigenvalue weighted by Crippen LogP contribution is -2.51. The van der Waals surface area contributed by atoms with Gasteiger partial charge >= 0.3 is 5.69 Å². The van der Waals surface area contributed by atoms with Crippen molar-refractivity contribution in [3.63, 3.8) is 0 Å². The summed E-state index contributed by atoms with van der Waals surface area (Å²) in [5.41, 5.74) is -1.01. The normalized spacial score (nSPS) is 16.6. The lowest BCUT2D eigenvalue weighted by atomic mass is 10.1. The van der Waals surface area contributed by atoms with Crippen LogP contribution in [0.25, 0.3) is 10.9 Å². The minimum Gasteiger partial charge on any atom is -0.339 e. The van der Waals surface area contributed by atoms with Crippen LogP contribution in [0.5, 0.6) is 0 Å². The number of fused-ring (bicyclic) bond motifs is 1. The van der Waals surface area contributed by atoms with Gasteiger partial charge in [0, 0.05) is 43.2 Å². The Morgan fingerprint density at radius 2 is 1.61 bits per heavy atom. The molecule has 0 radical (unpaired) electrons. The lowest BCUT2D eigenvalue weighted by Gasteiger charge is -2.36. The number of carbonyl (C=O) groups is 2. The number of hydrogen-bond acceptors (Lipinski definition) is 4. The molecule has 1 N–H and O–H groups in total. The van der Waals surface area contributed by atoms with Crippen molar-refractivity contribution in [1.82, 2.24) is 19.4 Å². The summed E-state index contributed by atoms with van der Waals surface area (Å²) in [6.07, 6.45) is 4.02. The molecule has 2 amide bonds. The van der Waals surface area contributed by atoms with Gasteiger partial charge in [0.1, 0.15) is 11.6 Å². The summed E-state index contributed by atoms with van der Waals surface area (Å²) in [4.78, 5) is 56.0. The molecule has 8 nitrogen and oxygen atoms in total. The molecule has 0 unspecified atom stereocenters. The van der Waals surface area contributed by atoms with Gasteiger partial charge in [0.15, 0.2) is 0 Å². The van der Waals surface area contributed by atoms with Gasteiger partial charge in [-0.05, 0) is 49.2 Å². The first kappa shape index (κ1) is 23.9. The van der Waals surface area contributed by atoms with Crippen molar-refractivity contribution in [2.45, 2.75) is 32.2 Å². The zero-order valence-electron chi connectivity index (χ0n) is 19.6. The Labute approximate surface area is 205 Å². The van der Waals surface area contributed by atoms with Gasteiger partial charge in [-0.1, -0.05) is 12.8 Å². The molecule has 2 fully saturated rings. The topological polar surface area (TPSA) is 95.5 Å². The van der Waals surface area contributed by atoms with E-state index in [-0.39, 0.29) is 46.3 Å². The molecule has 1 aromatic heterocycles. The van der Waals surface area contributed by atoms with E-state index in [0.717, 1.165) is 42.4 Å². The number of benzene rings is 2. The van der Waals surface area contributed by atoms with Crippen LogP contribution in [0.15, 0.2) is 46.0 Å². The van der Waals surface area contributed by atoms with Gasteiger partial charge in [0.2, 0.25) is 5.91 Å². The van der Waals surface area contributed by atoms with Crippen LogP contribution in [0.4, 0.5) is 8.78 Å². The van der Waals surface area contributed by atoms with Gasteiger partial charge in [-0.15, -0.1) is 0 Å². The molecule has 2 heterocycles. The van der Waals surface area contributed by atoms with E-state index in [2.05, 4.69) is 4.98 Å². The average Bonchev–Trinajstić information content (AvgIpc) is 3.42. The van der Waals surface area contributed by atoms with E-state index in [1.165, 1.54) is 24.3 Å². The fourth-order valence-electron chi connectivity index (χ4n) is 5.17. The number of nitrogens with zero attached hydrogens (tertiary/aromatic N) is 3. The molecule has 5 rings (SSSR count). The number of rotatable bonds is 4. The minimum absolute atomic E-state index is 0.0349. The number of aromatic amines is 1. The van der Waals surface area contributed by atoms with Crippen molar-refractivity contribution < 1.29 is 18.4 Å². The summed E-state index contributed by atoms with van der Waals surface area (Å²) in [5.74, 6) is -1.28. The van der Waals surface area contributed by atoms with Crippen molar-refractivity contribution in [3.8, 4) is 0 Å². The van der Waals surface area contributed by atoms with Gasteiger partial charge < -0.3 is 9.80 Å². The number of halogens is 2. The summed E-state index contributed by atoms with van der Waals surface area (Å²) in [7, 11) is 0. The maximum Gasteiger partial charge on any atom is 0.329 e. The zero-order chi connectivity index (χ0) is 25.4. The summed E-state index contributed by atoms with van der Waals surface area (Å²) in [6.45, 7) is 1.45. The molecule has 1 saturated heterocycles. The highest BCUT2D eigenvalue weighted by Crippen LogP contribution is 2.27. The Balaban J connectivity index is 1.35. The molecular weight excluding hydrogens is 470 g/mol. The molecule has 3 aromatic rings. The van der Waals surface area contributed by atoms with Crippen LogP contribution in [-0.2, 0) is 11.3 Å². The van der Waals surface area contributed by atoms with Gasteiger partial charge in [-0.2, -0.15) is 0 Å². The molecule has 1 saturated carbocycles. The largest absolute Gasteiger partial charge is 0.339 e. The second-order valence-electron chi connectivity index (χ2n) is 9.41. The van der Waals surface area contributed by atoms with Crippen LogP contribution in [0.1, 0.15) is 41.6 Å². The van der Waals surface area contributed by atoms with E-state index in [1.807, 2.05) is 4.90 Å². The third kappa shape index (κ3) is 4.55. The Bertz CT molecular complexity index is 1450. The molecule has 0 bridgehead atoms. The van der Waals surface area contributed by atoms with E-state index in [9.17, 15) is 28.0 Å². The Hall–Kier alpha value is -3.82. The SMILES string of the molecule is O=C(c1ccc(F)c(Cn2c(=O)[nH]c(=O)c3cc(F)ccc32)c1)N1CCN(C(=O)C2CCCC2)CC1. The summed E-state index contributed by atoms with van der Waals surface area (Å²) < 4.78 is 29.5. The molecule has 10 heteroatoms. The second-order valence-corrected chi connectivity index (χ2v) is 9.41. The molecule has 2 aromatic carbocycles. The number of carbonyl (C=O) groups excluding carboxylic acids is 2.